The number of benzene rings is 1. The average Bonchev–Trinajstić information content (AvgIpc) is 3.49. The SMILES string of the molecule is Cc1c(CN2CCN(C(C)(C)C)CC2)nn2c(N3CCOCC3)cc(-c3cccc4[nH]ccc34)nc12. The Kier molecular flexibility index (Phi) is 5.98. The van der Waals surface area contributed by atoms with E-state index in [9.17, 15) is 0 Å². The molecule has 36 heavy (non-hydrogen) atoms. The van der Waals surface area contributed by atoms with Crippen molar-refractivity contribution in [2.45, 2.75) is 39.8 Å². The smallest absolute Gasteiger partial charge is 0.161 e. The minimum Gasteiger partial charge on any atom is -0.378 e. The molecule has 2 aliphatic rings. The van der Waals surface area contributed by atoms with Crippen LogP contribution in [-0.2, 0) is 11.3 Å². The Morgan fingerprint density at radius 2 is 1.78 bits per heavy atom. The molecular formula is C28H37N7O. The van der Waals surface area contributed by atoms with Crippen LogP contribution in [0.4, 0.5) is 5.82 Å². The predicted octanol–water partition coefficient (Wildman–Crippen LogP) is 3.94. The summed E-state index contributed by atoms with van der Waals surface area (Å²) in [4.78, 5) is 16.0. The van der Waals surface area contributed by atoms with Crippen molar-refractivity contribution in [2.24, 2.45) is 0 Å². The van der Waals surface area contributed by atoms with Gasteiger partial charge in [0.2, 0.25) is 0 Å². The van der Waals surface area contributed by atoms with Gasteiger partial charge >= 0.3 is 0 Å². The number of fused-ring (bicyclic) bond motifs is 2. The van der Waals surface area contributed by atoms with Gasteiger partial charge in [-0.05, 0) is 39.8 Å². The van der Waals surface area contributed by atoms with Gasteiger partial charge in [-0.1, -0.05) is 12.1 Å². The molecule has 0 radical (unpaired) electrons. The summed E-state index contributed by atoms with van der Waals surface area (Å²) in [5, 5.41) is 6.34. The Bertz CT molecular complexity index is 1370. The second-order valence-corrected chi connectivity index (χ2v) is 11.1. The van der Waals surface area contributed by atoms with Gasteiger partial charge in [0.05, 0.1) is 24.6 Å². The number of aryl methyl sites for hydroxylation is 1. The largest absolute Gasteiger partial charge is 0.378 e. The predicted molar refractivity (Wildman–Crippen MR) is 145 cm³/mol. The molecule has 8 nitrogen and oxygen atoms in total. The molecule has 0 aliphatic carbocycles. The average molecular weight is 488 g/mol. The first-order valence-electron chi connectivity index (χ1n) is 13.1. The molecule has 8 heteroatoms. The van der Waals surface area contributed by atoms with E-state index in [-0.39, 0.29) is 5.54 Å². The van der Waals surface area contributed by atoms with E-state index in [0.717, 1.165) is 93.0 Å². The van der Waals surface area contributed by atoms with Crippen molar-refractivity contribution in [3.63, 3.8) is 0 Å². The van der Waals surface area contributed by atoms with Crippen LogP contribution in [-0.4, -0.2) is 87.4 Å². The maximum absolute atomic E-state index is 5.66. The first-order valence-corrected chi connectivity index (χ1v) is 13.1. The van der Waals surface area contributed by atoms with Crippen LogP contribution in [0, 0.1) is 6.92 Å². The van der Waals surface area contributed by atoms with Crippen molar-refractivity contribution in [1.82, 2.24) is 29.4 Å². The van der Waals surface area contributed by atoms with E-state index in [1.807, 2.05) is 6.20 Å². The first-order chi connectivity index (χ1) is 17.4. The normalized spacial score (nSPS) is 18.5. The minimum absolute atomic E-state index is 0.223. The molecule has 190 valence electrons. The summed E-state index contributed by atoms with van der Waals surface area (Å²) in [6.07, 6.45) is 2.00. The van der Waals surface area contributed by atoms with E-state index in [1.165, 1.54) is 10.9 Å². The maximum Gasteiger partial charge on any atom is 0.161 e. The third kappa shape index (κ3) is 4.27. The van der Waals surface area contributed by atoms with Crippen molar-refractivity contribution >= 4 is 22.4 Å². The van der Waals surface area contributed by atoms with E-state index in [4.69, 9.17) is 14.8 Å². The molecule has 2 saturated heterocycles. The summed E-state index contributed by atoms with van der Waals surface area (Å²) in [6.45, 7) is 17.5. The number of hydrogen-bond acceptors (Lipinski definition) is 6. The lowest BCUT2D eigenvalue weighted by Crippen LogP contribution is -2.53. The van der Waals surface area contributed by atoms with Gasteiger partial charge in [-0.3, -0.25) is 9.80 Å². The number of aromatic nitrogens is 4. The standard InChI is InChI=1S/C28H37N7O/c1-20-25(19-32-10-12-34(13-11-32)28(2,3)4)31-35-26(33-14-16-36-17-15-33)18-24(30-27(20)35)21-6-5-7-23-22(21)8-9-29-23/h5-9,18,29H,10-17,19H2,1-4H3. The van der Waals surface area contributed by atoms with Gasteiger partial charge in [-0.25, -0.2) is 4.98 Å². The maximum atomic E-state index is 5.66. The zero-order chi connectivity index (χ0) is 24.9. The van der Waals surface area contributed by atoms with Gasteiger partial charge in [0.15, 0.2) is 5.65 Å². The van der Waals surface area contributed by atoms with Crippen LogP contribution >= 0.6 is 0 Å². The summed E-state index contributed by atoms with van der Waals surface area (Å²) in [5.41, 5.74) is 6.73. The Balaban J connectivity index is 1.39. The fraction of sp³-hybridized carbons (Fsp3) is 0.500. The lowest BCUT2D eigenvalue weighted by Gasteiger charge is -2.42. The van der Waals surface area contributed by atoms with Crippen molar-refractivity contribution < 1.29 is 4.74 Å². The molecule has 6 rings (SSSR count). The molecule has 4 aromatic rings. The van der Waals surface area contributed by atoms with E-state index in [0.29, 0.717) is 0 Å². The molecule has 1 aromatic carbocycles. The van der Waals surface area contributed by atoms with Gasteiger partial charge in [-0.15, -0.1) is 0 Å². The Morgan fingerprint density at radius 1 is 1.00 bits per heavy atom. The van der Waals surface area contributed by atoms with Crippen LogP contribution in [0.3, 0.4) is 0 Å². The van der Waals surface area contributed by atoms with Gasteiger partial charge in [0.25, 0.3) is 0 Å². The number of nitrogens with one attached hydrogen (secondary N) is 1. The second kappa shape index (κ2) is 9.18. The summed E-state index contributed by atoms with van der Waals surface area (Å²) >= 11 is 0. The minimum atomic E-state index is 0.223. The molecule has 0 bridgehead atoms. The van der Waals surface area contributed by atoms with Gasteiger partial charge in [-0.2, -0.15) is 9.61 Å². The quantitative estimate of drug-likeness (QED) is 0.471. The molecule has 0 spiro atoms. The molecule has 0 unspecified atom stereocenters. The van der Waals surface area contributed by atoms with Crippen molar-refractivity contribution in [1.29, 1.82) is 0 Å². The highest BCUT2D eigenvalue weighted by atomic mass is 16.5. The Labute approximate surface area is 212 Å². The van der Waals surface area contributed by atoms with Crippen LogP contribution in [0.15, 0.2) is 36.5 Å². The molecule has 2 aliphatic heterocycles. The molecular weight excluding hydrogens is 450 g/mol. The monoisotopic (exact) mass is 487 g/mol. The van der Waals surface area contributed by atoms with Crippen molar-refractivity contribution in [3.05, 3.63) is 47.8 Å². The van der Waals surface area contributed by atoms with Gasteiger partial charge in [0.1, 0.15) is 5.82 Å². The molecule has 0 amide bonds. The van der Waals surface area contributed by atoms with Crippen LogP contribution < -0.4 is 4.90 Å². The molecule has 0 saturated carbocycles. The number of aromatic amines is 1. The summed E-state index contributed by atoms with van der Waals surface area (Å²) < 4.78 is 7.73. The van der Waals surface area contributed by atoms with E-state index >= 15 is 0 Å². The number of morpholine rings is 1. The van der Waals surface area contributed by atoms with Crippen LogP contribution in [0.5, 0.6) is 0 Å². The fourth-order valence-corrected chi connectivity index (χ4v) is 5.55. The number of anilines is 1. The first kappa shape index (κ1) is 23.5. The van der Waals surface area contributed by atoms with Crippen LogP contribution in [0.1, 0.15) is 32.0 Å². The number of ether oxygens (including phenoxy) is 1. The fourth-order valence-electron chi connectivity index (χ4n) is 5.55. The number of hydrogen-bond donors (Lipinski definition) is 1. The number of H-pyrrole nitrogens is 1. The van der Waals surface area contributed by atoms with Gasteiger partial charge < -0.3 is 14.6 Å². The highest BCUT2D eigenvalue weighted by Crippen LogP contribution is 2.32. The van der Waals surface area contributed by atoms with Crippen molar-refractivity contribution in [2.75, 3.05) is 57.4 Å². The van der Waals surface area contributed by atoms with E-state index < -0.39 is 0 Å². The summed E-state index contributed by atoms with van der Waals surface area (Å²) in [6, 6.07) is 10.7. The molecule has 0 atom stereocenters. The summed E-state index contributed by atoms with van der Waals surface area (Å²) in [7, 11) is 0. The number of nitrogens with zero attached hydrogens (tertiary/aromatic N) is 6. The third-order valence-corrected chi connectivity index (χ3v) is 7.80. The Morgan fingerprint density at radius 3 is 2.53 bits per heavy atom. The number of piperazine rings is 1. The highest BCUT2D eigenvalue weighted by molar-refractivity contribution is 5.94. The zero-order valence-electron chi connectivity index (χ0n) is 21.9. The highest BCUT2D eigenvalue weighted by Gasteiger charge is 2.27. The molecule has 1 N–H and O–H groups in total. The lowest BCUT2D eigenvalue weighted by atomic mass is 10.0. The molecule has 2 fully saturated rings. The number of rotatable bonds is 4. The summed E-state index contributed by atoms with van der Waals surface area (Å²) in [5.74, 6) is 1.10. The van der Waals surface area contributed by atoms with Crippen molar-refractivity contribution in [3.8, 4) is 11.3 Å². The van der Waals surface area contributed by atoms with Crippen LogP contribution in [0.25, 0.3) is 27.8 Å². The topological polar surface area (TPSA) is 64.9 Å². The Hall–Kier alpha value is -2.94. The van der Waals surface area contributed by atoms with Crippen LogP contribution in [0.2, 0.25) is 0 Å². The lowest BCUT2D eigenvalue weighted by molar-refractivity contribution is 0.0585. The zero-order valence-corrected chi connectivity index (χ0v) is 21.9. The van der Waals surface area contributed by atoms with E-state index in [2.05, 4.69) is 82.2 Å². The molecule has 3 aromatic heterocycles. The van der Waals surface area contributed by atoms with Gasteiger partial charge in [0, 0.05) is 85.6 Å². The second-order valence-electron chi connectivity index (χ2n) is 11.1. The molecule has 5 heterocycles. The van der Waals surface area contributed by atoms with E-state index in [1.54, 1.807) is 0 Å². The third-order valence-electron chi connectivity index (χ3n) is 7.80.